The van der Waals surface area contributed by atoms with Crippen molar-refractivity contribution in [2.75, 3.05) is 13.2 Å². The van der Waals surface area contributed by atoms with Crippen molar-refractivity contribution in [1.82, 2.24) is 14.9 Å². The molecular formula is C17H18F3N3O4. The van der Waals surface area contributed by atoms with E-state index < -0.39 is 36.0 Å². The lowest BCUT2D eigenvalue weighted by atomic mass is 9.86. The number of carbonyl (C=O) groups excluding carboxylic acids is 1. The predicted octanol–water partition coefficient (Wildman–Crippen LogP) is 2.20. The summed E-state index contributed by atoms with van der Waals surface area (Å²) in [4.78, 5) is 27.3. The number of fused-ring (bicyclic) bond motifs is 1. The molecule has 1 fully saturated rings. The Bertz CT molecular complexity index is 857. The maximum Gasteiger partial charge on any atom is 0.449 e. The van der Waals surface area contributed by atoms with Crippen LogP contribution in [0.3, 0.4) is 0 Å². The van der Waals surface area contributed by atoms with Crippen LogP contribution in [0, 0.1) is 0 Å². The fourth-order valence-electron chi connectivity index (χ4n) is 3.33. The topological polar surface area (TPSA) is 93.5 Å². The van der Waals surface area contributed by atoms with Gasteiger partial charge in [-0.05, 0) is 25.0 Å². The van der Waals surface area contributed by atoms with E-state index in [9.17, 15) is 22.8 Å². The molecule has 0 unspecified atom stereocenters. The molecule has 146 valence electrons. The van der Waals surface area contributed by atoms with E-state index in [2.05, 4.69) is 10.3 Å². The molecule has 1 amide bonds. The van der Waals surface area contributed by atoms with Gasteiger partial charge in [-0.2, -0.15) is 13.2 Å². The van der Waals surface area contributed by atoms with Gasteiger partial charge in [0.05, 0.1) is 23.0 Å². The highest BCUT2D eigenvalue weighted by atomic mass is 19.4. The Labute approximate surface area is 152 Å². The lowest BCUT2D eigenvalue weighted by Gasteiger charge is -2.37. The van der Waals surface area contributed by atoms with Gasteiger partial charge in [-0.3, -0.25) is 9.59 Å². The number of aliphatic carboxylic acids is 1. The average Bonchev–Trinajstić information content (AvgIpc) is 2.93. The zero-order chi connectivity index (χ0) is 19.7. The smallest absolute Gasteiger partial charge is 0.449 e. The van der Waals surface area contributed by atoms with Gasteiger partial charge in [-0.1, -0.05) is 12.1 Å². The first-order valence-electron chi connectivity index (χ1n) is 8.33. The first kappa shape index (κ1) is 19.2. The number of hydrogen-bond donors (Lipinski definition) is 2. The van der Waals surface area contributed by atoms with Crippen molar-refractivity contribution in [1.29, 1.82) is 0 Å². The predicted molar refractivity (Wildman–Crippen MR) is 87.9 cm³/mol. The molecule has 2 aromatic rings. The Hall–Kier alpha value is -2.62. The third-order valence-electron chi connectivity index (χ3n) is 4.55. The van der Waals surface area contributed by atoms with Gasteiger partial charge in [0.1, 0.15) is 6.54 Å². The number of ether oxygens (including phenoxy) is 1. The van der Waals surface area contributed by atoms with Crippen LogP contribution in [0.5, 0.6) is 0 Å². The van der Waals surface area contributed by atoms with Crippen molar-refractivity contribution in [3.63, 3.8) is 0 Å². The van der Waals surface area contributed by atoms with Crippen LogP contribution in [-0.2, 0) is 27.0 Å². The summed E-state index contributed by atoms with van der Waals surface area (Å²) in [6.07, 6.45) is -4.49. The third kappa shape index (κ3) is 4.21. The molecule has 1 saturated heterocycles. The lowest BCUT2D eigenvalue weighted by Crippen LogP contribution is -2.54. The van der Waals surface area contributed by atoms with Crippen LogP contribution in [0.2, 0.25) is 0 Å². The van der Waals surface area contributed by atoms with Gasteiger partial charge in [0.15, 0.2) is 0 Å². The number of nitrogens with one attached hydrogen (secondary N) is 1. The van der Waals surface area contributed by atoms with Gasteiger partial charge < -0.3 is 19.7 Å². The molecule has 0 saturated carbocycles. The second kappa shape index (κ2) is 7.18. The normalized spacial score (nSPS) is 17.0. The second-order valence-electron chi connectivity index (χ2n) is 6.52. The number of alkyl halides is 3. The van der Waals surface area contributed by atoms with Gasteiger partial charge in [0, 0.05) is 13.2 Å². The molecule has 0 spiro atoms. The van der Waals surface area contributed by atoms with Crippen LogP contribution in [0.1, 0.15) is 25.1 Å². The maximum atomic E-state index is 13.3. The maximum absolute atomic E-state index is 13.3. The number of hydrogen-bond acceptors (Lipinski definition) is 4. The molecular weight excluding hydrogens is 367 g/mol. The zero-order valence-corrected chi connectivity index (χ0v) is 14.3. The van der Waals surface area contributed by atoms with E-state index in [4.69, 9.17) is 9.84 Å². The van der Waals surface area contributed by atoms with Gasteiger partial charge in [-0.15, -0.1) is 0 Å². The van der Waals surface area contributed by atoms with E-state index in [1.165, 1.54) is 12.1 Å². The van der Waals surface area contributed by atoms with Gasteiger partial charge >= 0.3 is 12.1 Å². The summed E-state index contributed by atoms with van der Waals surface area (Å²) in [5.74, 6) is -2.97. The van der Waals surface area contributed by atoms with E-state index in [1.807, 2.05) is 0 Å². The van der Waals surface area contributed by atoms with Gasteiger partial charge in [0.25, 0.3) is 0 Å². The Morgan fingerprint density at radius 1 is 1.26 bits per heavy atom. The van der Waals surface area contributed by atoms with Crippen LogP contribution >= 0.6 is 0 Å². The average molecular weight is 385 g/mol. The number of benzene rings is 1. The molecule has 2 heterocycles. The number of para-hydroxylation sites is 2. The number of nitrogens with zero attached hydrogens (tertiary/aromatic N) is 2. The summed E-state index contributed by atoms with van der Waals surface area (Å²) in [6.45, 7) is -0.0671. The highest BCUT2D eigenvalue weighted by Gasteiger charge is 2.39. The van der Waals surface area contributed by atoms with Crippen LogP contribution in [-0.4, -0.2) is 45.3 Å². The van der Waals surface area contributed by atoms with Crippen LogP contribution in [0.4, 0.5) is 13.2 Å². The number of imidazole rings is 1. The number of carboxylic acid groups (broad SMARTS) is 1. The van der Waals surface area contributed by atoms with Crippen LogP contribution in [0.25, 0.3) is 11.0 Å². The molecule has 1 aliphatic rings. The molecule has 10 heteroatoms. The summed E-state index contributed by atoms with van der Waals surface area (Å²) in [6, 6.07) is 6.00. The number of carbonyl (C=O) groups is 2. The number of rotatable bonds is 5. The number of amides is 1. The minimum absolute atomic E-state index is 0.129. The highest BCUT2D eigenvalue weighted by molar-refractivity contribution is 5.82. The molecule has 3 rings (SSSR count). The molecule has 1 aromatic heterocycles. The molecule has 0 atom stereocenters. The monoisotopic (exact) mass is 385 g/mol. The Morgan fingerprint density at radius 3 is 2.56 bits per heavy atom. The Balaban J connectivity index is 1.88. The summed E-state index contributed by atoms with van der Waals surface area (Å²) in [7, 11) is 0. The minimum atomic E-state index is -4.73. The molecule has 1 aliphatic heterocycles. The van der Waals surface area contributed by atoms with Crippen molar-refractivity contribution in [2.24, 2.45) is 0 Å². The SMILES string of the molecule is O=C(O)CC1(NC(=O)Cn2c(C(F)(F)F)nc3ccccc32)CCOCC1. The number of aromatic nitrogens is 2. The zero-order valence-electron chi connectivity index (χ0n) is 14.3. The molecule has 27 heavy (non-hydrogen) atoms. The van der Waals surface area contributed by atoms with Crippen LogP contribution < -0.4 is 5.32 Å². The Kier molecular flexibility index (Phi) is 5.09. The minimum Gasteiger partial charge on any atom is -0.481 e. The van der Waals surface area contributed by atoms with Crippen molar-refractivity contribution in [3.05, 3.63) is 30.1 Å². The number of halogens is 3. The summed E-state index contributed by atoms with van der Waals surface area (Å²) in [5.41, 5.74) is -0.723. The second-order valence-corrected chi connectivity index (χ2v) is 6.52. The largest absolute Gasteiger partial charge is 0.481 e. The first-order chi connectivity index (χ1) is 12.7. The van der Waals surface area contributed by atoms with E-state index in [0.29, 0.717) is 0 Å². The summed E-state index contributed by atoms with van der Waals surface area (Å²) < 4.78 is 46.0. The van der Waals surface area contributed by atoms with E-state index in [1.54, 1.807) is 12.1 Å². The van der Waals surface area contributed by atoms with Gasteiger partial charge in [-0.25, -0.2) is 4.98 Å². The lowest BCUT2D eigenvalue weighted by molar-refractivity contribution is -0.147. The molecule has 2 N–H and O–H groups in total. The van der Waals surface area contributed by atoms with Crippen molar-refractivity contribution in [2.45, 2.75) is 37.5 Å². The summed E-state index contributed by atoms with van der Waals surface area (Å²) >= 11 is 0. The molecule has 0 radical (unpaired) electrons. The molecule has 1 aromatic carbocycles. The van der Waals surface area contributed by atoms with Crippen molar-refractivity contribution < 1.29 is 32.6 Å². The third-order valence-corrected chi connectivity index (χ3v) is 4.55. The molecule has 7 nitrogen and oxygen atoms in total. The fraction of sp³-hybridized carbons (Fsp3) is 0.471. The summed E-state index contributed by atoms with van der Waals surface area (Å²) in [5, 5.41) is 11.8. The number of carboxylic acids is 1. The fourth-order valence-corrected chi connectivity index (χ4v) is 3.33. The van der Waals surface area contributed by atoms with Crippen molar-refractivity contribution in [3.8, 4) is 0 Å². The standard InChI is InChI=1S/C17H18F3N3O4/c18-17(19,20)15-21-11-3-1-2-4-12(11)23(15)10-13(24)22-16(9-14(25)26)5-7-27-8-6-16/h1-4H,5-10H2,(H,22,24)(H,25,26). The van der Waals surface area contributed by atoms with Crippen LogP contribution in [0.15, 0.2) is 24.3 Å². The first-order valence-corrected chi connectivity index (χ1v) is 8.33. The van der Waals surface area contributed by atoms with Gasteiger partial charge in [0.2, 0.25) is 11.7 Å². The van der Waals surface area contributed by atoms with E-state index in [-0.39, 0.29) is 43.5 Å². The molecule has 0 aliphatic carbocycles. The quantitative estimate of drug-likeness (QED) is 0.823. The Morgan fingerprint density at radius 2 is 1.93 bits per heavy atom. The highest BCUT2D eigenvalue weighted by Crippen LogP contribution is 2.31. The van der Waals surface area contributed by atoms with E-state index in [0.717, 1.165) is 4.57 Å². The molecule has 0 bridgehead atoms. The van der Waals surface area contributed by atoms with Crippen molar-refractivity contribution >= 4 is 22.9 Å². The van der Waals surface area contributed by atoms with E-state index >= 15 is 0 Å².